The monoisotopic (exact) mass is 430 g/mol. The van der Waals surface area contributed by atoms with Crippen molar-refractivity contribution >= 4 is 10.9 Å². The zero-order valence-corrected chi connectivity index (χ0v) is 18.4. The van der Waals surface area contributed by atoms with Gasteiger partial charge in [-0.1, -0.05) is 19.1 Å². The molecule has 166 valence electrons. The van der Waals surface area contributed by atoms with E-state index in [0.29, 0.717) is 6.42 Å². The van der Waals surface area contributed by atoms with Gasteiger partial charge in [0.2, 0.25) is 0 Å². The molecule has 0 fully saturated rings. The molecule has 1 unspecified atom stereocenters. The number of rotatable bonds is 5. The van der Waals surface area contributed by atoms with Crippen molar-refractivity contribution in [1.82, 2.24) is 20.5 Å². The molecule has 4 rings (SSSR count). The maximum absolute atomic E-state index is 13.4. The standard InChI is InChI=1S/C24H29F3N4/c1-15(16-5-7-20-18(11-16)13-29-31-20)28-14-23(4)10-9-19-17(12-23)6-8-21(30-19)22(2,3)24(25,26)27/h5-8,11,13,15,28H,9-10,12,14H2,1-4H3,(H,29,31)/t15?,23-/m1/s1. The molecule has 0 bridgehead atoms. The molecular formula is C24H29F3N4. The van der Waals surface area contributed by atoms with Gasteiger partial charge in [-0.15, -0.1) is 0 Å². The highest BCUT2D eigenvalue weighted by atomic mass is 19.4. The zero-order valence-electron chi connectivity index (χ0n) is 18.4. The van der Waals surface area contributed by atoms with Gasteiger partial charge in [-0.25, -0.2) is 0 Å². The first-order valence-corrected chi connectivity index (χ1v) is 10.7. The SMILES string of the molecule is CC(NC[C@]1(C)CCc2nc(C(C)(C)C(F)(F)F)ccc2C1)c1ccc2[nH]ncc2c1. The number of hydrogen-bond donors (Lipinski definition) is 2. The lowest BCUT2D eigenvalue weighted by molar-refractivity contribution is -0.181. The largest absolute Gasteiger partial charge is 0.399 e. The van der Waals surface area contributed by atoms with Gasteiger partial charge in [0.05, 0.1) is 17.4 Å². The molecule has 7 heteroatoms. The van der Waals surface area contributed by atoms with Crippen molar-refractivity contribution in [2.24, 2.45) is 5.41 Å². The molecule has 1 aliphatic carbocycles. The molecule has 0 saturated heterocycles. The van der Waals surface area contributed by atoms with Crippen molar-refractivity contribution < 1.29 is 13.2 Å². The van der Waals surface area contributed by atoms with E-state index < -0.39 is 11.6 Å². The van der Waals surface area contributed by atoms with Crippen LogP contribution in [0.1, 0.15) is 62.7 Å². The Bertz CT molecular complexity index is 1090. The molecule has 0 spiro atoms. The lowest BCUT2D eigenvalue weighted by Gasteiger charge is -2.36. The number of aryl methyl sites for hydroxylation is 1. The van der Waals surface area contributed by atoms with Crippen LogP contribution in [0.25, 0.3) is 10.9 Å². The first kappa shape index (κ1) is 21.8. The molecule has 2 aromatic heterocycles. The summed E-state index contributed by atoms with van der Waals surface area (Å²) >= 11 is 0. The van der Waals surface area contributed by atoms with Crippen molar-refractivity contribution in [3.63, 3.8) is 0 Å². The van der Waals surface area contributed by atoms with Crippen LogP contribution >= 0.6 is 0 Å². The summed E-state index contributed by atoms with van der Waals surface area (Å²) < 4.78 is 40.2. The number of aromatic nitrogens is 3. The second-order valence-corrected chi connectivity index (χ2v) is 9.73. The second-order valence-electron chi connectivity index (χ2n) is 9.73. The number of halogens is 3. The second kappa shape index (κ2) is 7.62. The summed E-state index contributed by atoms with van der Waals surface area (Å²) in [6.45, 7) is 7.60. The fourth-order valence-electron chi connectivity index (χ4n) is 4.27. The third-order valence-electron chi connectivity index (χ3n) is 6.80. The number of pyridine rings is 1. The number of benzene rings is 1. The van der Waals surface area contributed by atoms with Gasteiger partial charge in [0.25, 0.3) is 0 Å². The smallest absolute Gasteiger partial charge is 0.310 e. The maximum Gasteiger partial charge on any atom is 0.399 e. The van der Waals surface area contributed by atoms with Crippen LogP contribution in [0.3, 0.4) is 0 Å². The predicted molar refractivity (Wildman–Crippen MR) is 116 cm³/mol. The van der Waals surface area contributed by atoms with Gasteiger partial charge in [0, 0.05) is 23.7 Å². The average molecular weight is 431 g/mol. The molecular weight excluding hydrogens is 401 g/mol. The molecule has 0 amide bonds. The van der Waals surface area contributed by atoms with Crippen molar-refractivity contribution in [2.75, 3.05) is 6.54 Å². The molecule has 0 aliphatic heterocycles. The molecule has 2 atom stereocenters. The maximum atomic E-state index is 13.4. The number of H-pyrrole nitrogens is 1. The topological polar surface area (TPSA) is 53.6 Å². The molecule has 3 aromatic rings. The molecule has 4 nitrogen and oxygen atoms in total. The quantitative estimate of drug-likeness (QED) is 0.550. The Kier molecular flexibility index (Phi) is 5.36. The summed E-state index contributed by atoms with van der Waals surface area (Å²) in [4.78, 5) is 4.43. The Morgan fingerprint density at radius 2 is 1.97 bits per heavy atom. The minimum atomic E-state index is -4.32. The number of nitrogens with one attached hydrogen (secondary N) is 2. The molecule has 2 N–H and O–H groups in total. The summed E-state index contributed by atoms with van der Waals surface area (Å²) in [6.07, 6.45) is -0.0974. The van der Waals surface area contributed by atoms with Gasteiger partial charge in [-0.3, -0.25) is 10.1 Å². The summed E-state index contributed by atoms with van der Waals surface area (Å²) in [7, 11) is 0. The van der Waals surface area contributed by atoms with E-state index >= 15 is 0 Å². The zero-order chi connectivity index (χ0) is 22.4. The molecule has 2 heterocycles. The Balaban J connectivity index is 1.44. The first-order valence-electron chi connectivity index (χ1n) is 10.7. The molecule has 0 radical (unpaired) electrons. The summed E-state index contributed by atoms with van der Waals surface area (Å²) in [5.41, 5.74) is 2.28. The number of alkyl halides is 3. The van der Waals surface area contributed by atoms with E-state index in [4.69, 9.17) is 0 Å². The molecule has 0 saturated carbocycles. The van der Waals surface area contributed by atoms with E-state index in [9.17, 15) is 13.2 Å². The highest BCUT2D eigenvalue weighted by molar-refractivity contribution is 5.78. The van der Waals surface area contributed by atoms with Crippen molar-refractivity contribution in [3.05, 3.63) is 59.0 Å². The van der Waals surface area contributed by atoms with Gasteiger partial charge in [0.1, 0.15) is 5.41 Å². The van der Waals surface area contributed by atoms with E-state index in [1.54, 1.807) is 6.07 Å². The molecule has 1 aromatic carbocycles. The van der Waals surface area contributed by atoms with Crippen molar-refractivity contribution in [2.45, 2.75) is 64.6 Å². The van der Waals surface area contributed by atoms with Crippen LogP contribution < -0.4 is 5.32 Å². The Labute approximate surface area is 180 Å². The highest BCUT2D eigenvalue weighted by Gasteiger charge is 2.49. The van der Waals surface area contributed by atoms with Crippen LogP contribution in [0.5, 0.6) is 0 Å². The highest BCUT2D eigenvalue weighted by Crippen LogP contribution is 2.41. The number of fused-ring (bicyclic) bond motifs is 2. The van der Waals surface area contributed by atoms with Gasteiger partial charge >= 0.3 is 6.18 Å². The number of aromatic amines is 1. The predicted octanol–water partition coefficient (Wildman–Crippen LogP) is 5.64. The van der Waals surface area contributed by atoms with Crippen molar-refractivity contribution in [1.29, 1.82) is 0 Å². The minimum absolute atomic E-state index is 0.0315. The van der Waals surface area contributed by atoms with E-state index in [0.717, 1.165) is 41.5 Å². The lowest BCUT2D eigenvalue weighted by Crippen LogP contribution is -2.39. The van der Waals surface area contributed by atoms with Crippen LogP contribution in [-0.4, -0.2) is 27.9 Å². The van der Waals surface area contributed by atoms with Crippen LogP contribution in [0.4, 0.5) is 13.2 Å². The number of hydrogen-bond acceptors (Lipinski definition) is 3. The summed E-state index contributed by atoms with van der Waals surface area (Å²) in [6, 6.07) is 9.87. The van der Waals surface area contributed by atoms with Crippen LogP contribution in [0, 0.1) is 5.41 Å². The van der Waals surface area contributed by atoms with Crippen LogP contribution in [0.15, 0.2) is 36.5 Å². The fraction of sp³-hybridized carbons (Fsp3) is 0.500. The minimum Gasteiger partial charge on any atom is -0.310 e. The summed E-state index contributed by atoms with van der Waals surface area (Å²) in [5, 5.41) is 11.8. The summed E-state index contributed by atoms with van der Waals surface area (Å²) in [5.74, 6) is 0. The average Bonchev–Trinajstić information content (AvgIpc) is 3.18. The third-order valence-corrected chi connectivity index (χ3v) is 6.80. The van der Waals surface area contributed by atoms with Crippen LogP contribution in [0.2, 0.25) is 0 Å². The fourth-order valence-corrected chi connectivity index (χ4v) is 4.27. The Morgan fingerprint density at radius 3 is 2.71 bits per heavy atom. The molecule has 31 heavy (non-hydrogen) atoms. The van der Waals surface area contributed by atoms with E-state index in [1.807, 2.05) is 18.3 Å². The van der Waals surface area contributed by atoms with Gasteiger partial charge in [0.15, 0.2) is 0 Å². The van der Waals surface area contributed by atoms with E-state index in [2.05, 4.69) is 46.5 Å². The molecule has 1 aliphatic rings. The normalized spacial score (nSPS) is 20.6. The Hall–Kier alpha value is -2.41. The first-order chi connectivity index (χ1) is 14.5. The van der Waals surface area contributed by atoms with E-state index in [1.165, 1.54) is 19.4 Å². The third kappa shape index (κ3) is 4.20. The van der Waals surface area contributed by atoms with Gasteiger partial charge in [-0.2, -0.15) is 18.3 Å². The van der Waals surface area contributed by atoms with Crippen LogP contribution in [-0.2, 0) is 18.3 Å². The van der Waals surface area contributed by atoms with Gasteiger partial charge < -0.3 is 5.32 Å². The number of nitrogens with zero attached hydrogens (tertiary/aromatic N) is 2. The lowest BCUT2D eigenvalue weighted by atomic mass is 9.73. The van der Waals surface area contributed by atoms with Crippen molar-refractivity contribution in [3.8, 4) is 0 Å². The Morgan fingerprint density at radius 1 is 1.19 bits per heavy atom. The van der Waals surface area contributed by atoms with E-state index in [-0.39, 0.29) is 17.2 Å². The van der Waals surface area contributed by atoms with Gasteiger partial charge in [-0.05, 0) is 74.8 Å².